The molecule has 1 aromatic heterocycles. The van der Waals surface area contributed by atoms with Crippen molar-refractivity contribution < 1.29 is 5.11 Å². The first-order valence-electron chi connectivity index (χ1n) is 6.95. The van der Waals surface area contributed by atoms with E-state index in [1.54, 1.807) is 11.3 Å². The third-order valence-electron chi connectivity index (χ3n) is 3.99. The monoisotopic (exact) mass is 268 g/mol. The second kappa shape index (κ2) is 6.64. The second-order valence-electron chi connectivity index (χ2n) is 5.36. The molecule has 18 heavy (non-hydrogen) atoms. The molecule has 1 saturated carbocycles. The number of aliphatic hydroxyl groups excluding tert-OH is 1. The first-order valence-corrected chi connectivity index (χ1v) is 7.77. The lowest BCUT2D eigenvalue weighted by Gasteiger charge is -2.30. The summed E-state index contributed by atoms with van der Waals surface area (Å²) < 4.78 is 0. The average molecular weight is 268 g/mol. The molecule has 102 valence electrons. The van der Waals surface area contributed by atoms with E-state index in [-0.39, 0.29) is 0 Å². The van der Waals surface area contributed by atoms with Gasteiger partial charge in [0.05, 0.1) is 10.7 Å². The van der Waals surface area contributed by atoms with Crippen LogP contribution in [0, 0.1) is 25.7 Å². The van der Waals surface area contributed by atoms with Crippen LogP contribution in [0.2, 0.25) is 0 Å². The summed E-state index contributed by atoms with van der Waals surface area (Å²) in [6, 6.07) is 0. The summed E-state index contributed by atoms with van der Waals surface area (Å²) in [5, 5.41) is 14.1. The molecule has 1 aliphatic carbocycles. The van der Waals surface area contributed by atoms with Crippen molar-refractivity contribution in [2.24, 2.45) is 11.8 Å². The Labute approximate surface area is 114 Å². The van der Waals surface area contributed by atoms with Gasteiger partial charge in [-0.1, -0.05) is 12.8 Å². The SMILES string of the molecule is Cc1nc(C)c(CNCC2CCCCC2CO)s1. The molecule has 0 radical (unpaired) electrons. The highest BCUT2D eigenvalue weighted by atomic mass is 32.1. The maximum atomic E-state index is 9.39. The fourth-order valence-corrected chi connectivity index (χ4v) is 3.81. The van der Waals surface area contributed by atoms with Gasteiger partial charge in [0.25, 0.3) is 0 Å². The molecule has 3 nitrogen and oxygen atoms in total. The molecule has 2 atom stereocenters. The molecule has 2 rings (SSSR count). The molecular formula is C14H24N2OS. The van der Waals surface area contributed by atoms with E-state index < -0.39 is 0 Å². The Bertz CT molecular complexity index is 378. The van der Waals surface area contributed by atoms with Crippen molar-refractivity contribution >= 4 is 11.3 Å². The summed E-state index contributed by atoms with van der Waals surface area (Å²) in [7, 11) is 0. The number of nitrogens with zero attached hydrogens (tertiary/aromatic N) is 1. The highest BCUT2D eigenvalue weighted by Gasteiger charge is 2.23. The Balaban J connectivity index is 1.79. The fourth-order valence-electron chi connectivity index (χ4n) is 2.90. The second-order valence-corrected chi connectivity index (χ2v) is 6.65. The molecule has 1 heterocycles. The summed E-state index contributed by atoms with van der Waals surface area (Å²) >= 11 is 1.78. The van der Waals surface area contributed by atoms with Gasteiger partial charge < -0.3 is 10.4 Å². The summed E-state index contributed by atoms with van der Waals surface area (Å²) in [5.74, 6) is 1.16. The molecule has 0 spiro atoms. The lowest BCUT2D eigenvalue weighted by atomic mass is 9.79. The van der Waals surface area contributed by atoms with Crippen LogP contribution in [0.5, 0.6) is 0 Å². The van der Waals surface area contributed by atoms with Gasteiger partial charge in [0, 0.05) is 18.0 Å². The predicted octanol–water partition coefficient (Wildman–Crippen LogP) is 2.65. The highest BCUT2D eigenvalue weighted by molar-refractivity contribution is 7.11. The fraction of sp³-hybridized carbons (Fsp3) is 0.786. The standard InChI is InChI=1S/C14H24N2OS/c1-10-14(18-11(2)16-10)8-15-7-12-5-3-4-6-13(12)9-17/h12-13,15,17H,3-9H2,1-2H3. The number of rotatable bonds is 5. The number of thiazole rings is 1. The third-order valence-corrected chi connectivity index (χ3v) is 5.07. The molecule has 1 aliphatic rings. The first kappa shape index (κ1) is 14.0. The highest BCUT2D eigenvalue weighted by Crippen LogP contribution is 2.29. The lowest BCUT2D eigenvalue weighted by Crippen LogP contribution is -2.32. The quantitative estimate of drug-likeness (QED) is 0.863. The normalized spacial score (nSPS) is 24.4. The molecule has 2 unspecified atom stereocenters. The van der Waals surface area contributed by atoms with Crippen LogP contribution in [0.1, 0.15) is 41.3 Å². The van der Waals surface area contributed by atoms with Gasteiger partial charge in [-0.2, -0.15) is 0 Å². The number of nitrogens with one attached hydrogen (secondary N) is 1. The van der Waals surface area contributed by atoms with Gasteiger partial charge in [0.2, 0.25) is 0 Å². The minimum absolute atomic E-state index is 0.352. The van der Waals surface area contributed by atoms with Crippen LogP contribution in [0.15, 0.2) is 0 Å². The van der Waals surface area contributed by atoms with Crippen molar-refractivity contribution in [3.63, 3.8) is 0 Å². The molecular weight excluding hydrogens is 244 g/mol. The number of aryl methyl sites for hydroxylation is 2. The molecule has 0 saturated heterocycles. The lowest BCUT2D eigenvalue weighted by molar-refractivity contribution is 0.133. The van der Waals surface area contributed by atoms with E-state index in [1.165, 1.54) is 30.6 Å². The molecule has 0 amide bonds. The van der Waals surface area contributed by atoms with Crippen LogP contribution in [-0.2, 0) is 6.54 Å². The molecule has 0 bridgehead atoms. The van der Waals surface area contributed by atoms with Crippen molar-refractivity contribution in [2.75, 3.05) is 13.2 Å². The van der Waals surface area contributed by atoms with Crippen molar-refractivity contribution in [1.82, 2.24) is 10.3 Å². The topological polar surface area (TPSA) is 45.2 Å². The van der Waals surface area contributed by atoms with Crippen molar-refractivity contribution in [3.8, 4) is 0 Å². The zero-order chi connectivity index (χ0) is 13.0. The Morgan fingerprint density at radius 2 is 2.00 bits per heavy atom. The maximum absolute atomic E-state index is 9.39. The summed E-state index contributed by atoms with van der Waals surface area (Å²) in [5.41, 5.74) is 1.16. The number of aromatic nitrogens is 1. The van der Waals surface area contributed by atoms with Crippen molar-refractivity contribution in [2.45, 2.75) is 46.1 Å². The smallest absolute Gasteiger partial charge is 0.0900 e. The Morgan fingerprint density at radius 1 is 1.28 bits per heavy atom. The molecule has 0 aromatic carbocycles. The van der Waals surface area contributed by atoms with Crippen LogP contribution >= 0.6 is 11.3 Å². The minimum atomic E-state index is 0.352. The largest absolute Gasteiger partial charge is 0.396 e. The van der Waals surface area contributed by atoms with Gasteiger partial charge in [-0.3, -0.25) is 0 Å². The predicted molar refractivity (Wildman–Crippen MR) is 75.8 cm³/mol. The van der Waals surface area contributed by atoms with E-state index in [2.05, 4.69) is 24.1 Å². The average Bonchev–Trinajstić information content (AvgIpc) is 2.68. The van der Waals surface area contributed by atoms with Crippen LogP contribution in [-0.4, -0.2) is 23.2 Å². The zero-order valence-electron chi connectivity index (χ0n) is 11.4. The molecule has 2 N–H and O–H groups in total. The van der Waals surface area contributed by atoms with E-state index >= 15 is 0 Å². The maximum Gasteiger partial charge on any atom is 0.0900 e. The Morgan fingerprint density at radius 3 is 2.61 bits per heavy atom. The molecule has 1 fully saturated rings. The number of hydrogen-bond donors (Lipinski definition) is 2. The third kappa shape index (κ3) is 3.53. The summed E-state index contributed by atoms with van der Waals surface area (Å²) in [6.07, 6.45) is 5.07. The van der Waals surface area contributed by atoms with E-state index in [4.69, 9.17) is 0 Å². The van der Waals surface area contributed by atoms with Crippen molar-refractivity contribution in [1.29, 1.82) is 0 Å². The van der Waals surface area contributed by atoms with Gasteiger partial charge in [0.15, 0.2) is 0 Å². The summed E-state index contributed by atoms with van der Waals surface area (Å²) in [6.45, 7) is 6.44. The number of hydrogen-bond acceptors (Lipinski definition) is 4. The molecule has 0 aliphatic heterocycles. The van der Waals surface area contributed by atoms with Gasteiger partial charge in [-0.05, 0) is 45.1 Å². The van der Waals surface area contributed by atoms with Crippen LogP contribution in [0.4, 0.5) is 0 Å². The van der Waals surface area contributed by atoms with E-state index in [9.17, 15) is 5.11 Å². The van der Waals surface area contributed by atoms with Gasteiger partial charge >= 0.3 is 0 Å². The zero-order valence-corrected chi connectivity index (χ0v) is 12.2. The van der Waals surface area contributed by atoms with Crippen molar-refractivity contribution in [3.05, 3.63) is 15.6 Å². The Kier molecular flexibility index (Phi) is 5.15. The number of aliphatic hydroxyl groups is 1. The van der Waals surface area contributed by atoms with Gasteiger partial charge in [0.1, 0.15) is 0 Å². The molecule has 4 heteroatoms. The van der Waals surface area contributed by atoms with E-state index in [0.29, 0.717) is 18.4 Å². The summed E-state index contributed by atoms with van der Waals surface area (Å²) in [4.78, 5) is 5.80. The van der Waals surface area contributed by atoms with Crippen LogP contribution < -0.4 is 5.32 Å². The van der Waals surface area contributed by atoms with Gasteiger partial charge in [-0.25, -0.2) is 4.98 Å². The Hall–Kier alpha value is -0.450. The minimum Gasteiger partial charge on any atom is -0.396 e. The first-order chi connectivity index (χ1) is 8.70. The van der Waals surface area contributed by atoms with E-state index in [1.807, 2.05) is 0 Å². The van der Waals surface area contributed by atoms with E-state index in [0.717, 1.165) is 23.8 Å². The van der Waals surface area contributed by atoms with Crippen LogP contribution in [0.3, 0.4) is 0 Å². The van der Waals surface area contributed by atoms with Gasteiger partial charge in [-0.15, -0.1) is 11.3 Å². The van der Waals surface area contributed by atoms with Crippen LogP contribution in [0.25, 0.3) is 0 Å². The molecule has 1 aromatic rings.